The Morgan fingerprint density at radius 1 is 1.17 bits per heavy atom. The van der Waals surface area contributed by atoms with Gasteiger partial charge in [0.2, 0.25) is 5.91 Å². The summed E-state index contributed by atoms with van der Waals surface area (Å²) in [6, 6.07) is 14.5. The van der Waals surface area contributed by atoms with Gasteiger partial charge < -0.3 is 10.3 Å². The molecule has 3 aromatic rings. The summed E-state index contributed by atoms with van der Waals surface area (Å²) in [5.41, 5.74) is 2.49. The first-order chi connectivity index (χ1) is 11.5. The van der Waals surface area contributed by atoms with Gasteiger partial charge in [0.1, 0.15) is 0 Å². The fraction of sp³-hybridized carbons (Fsp3) is 0.0526. The highest BCUT2D eigenvalue weighted by Gasteiger charge is 2.03. The van der Waals surface area contributed by atoms with Gasteiger partial charge >= 0.3 is 0 Å². The molecule has 2 aromatic carbocycles. The van der Waals surface area contributed by atoms with E-state index in [1.165, 1.54) is 12.2 Å². The van der Waals surface area contributed by atoms with Crippen molar-refractivity contribution in [2.75, 3.05) is 5.32 Å². The average Bonchev–Trinajstić information content (AvgIpc) is 2.56. The minimum atomic E-state index is -0.331. The van der Waals surface area contributed by atoms with Crippen LogP contribution in [0, 0.1) is 6.92 Å². The van der Waals surface area contributed by atoms with Crippen LogP contribution in [0.2, 0.25) is 5.02 Å². The summed E-state index contributed by atoms with van der Waals surface area (Å²) in [5, 5.41) is 4.21. The molecule has 5 heteroatoms. The van der Waals surface area contributed by atoms with Gasteiger partial charge in [-0.3, -0.25) is 9.59 Å². The number of hydrogen-bond acceptors (Lipinski definition) is 2. The first kappa shape index (κ1) is 16.0. The zero-order valence-electron chi connectivity index (χ0n) is 13.0. The molecule has 0 spiro atoms. The normalized spacial score (nSPS) is 11.1. The zero-order chi connectivity index (χ0) is 17.1. The molecule has 0 unspecified atom stereocenters. The van der Waals surface area contributed by atoms with Crippen LogP contribution in [0.4, 0.5) is 5.69 Å². The highest BCUT2D eigenvalue weighted by atomic mass is 35.5. The number of aromatic amines is 1. The third-order valence-corrected chi connectivity index (χ3v) is 4.04. The lowest BCUT2D eigenvalue weighted by atomic mass is 10.1. The van der Waals surface area contributed by atoms with Gasteiger partial charge in [0, 0.05) is 27.9 Å². The Hall–Kier alpha value is -2.85. The number of aryl methyl sites for hydroxylation is 1. The van der Waals surface area contributed by atoms with E-state index in [-0.39, 0.29) is 11.5 Å². The number of rotatable bonds is 3. The lowest BCUT2D eigenvalue weighted by Crippen LogP contribution is -2.11. The minimum absolute atomic E-state index is 0.240. The second-order valence-electron chi connectivity index (χ2n) is 5.43. The van der Waals surface area contributed by atoms with E-state index in [0.29, 0.717) is 16.3 Å². The molecule has 3 rings (SSSR count). The van der Waals surface area contributed by atoms with Gasteiger partial charge in [-0.15, -0.1) is 0 Å². The predicted molar refractivity (Wildman–Crippen MR) is 98.4 cm³/mol. The summed E-state index contributed by atoms with van der Waals surface area (Å²) in [4.78, 5) is 26.8. The Balaban J connectivity index is 1.79. The molecule has 0 radical (unpaired) electrons. The van der Waals surface area contributed by atoms with E-state index in [1.807, 2.05) is 37.3 Å². The Morgan fingerprint density at radius 3 is 2.75 bits per heavy atom. The van der Waals surface area contributed by atoms with Crippen LogP contribution in [0.5, 0.6) is 0 Å². The highest BCUT2D eigenvalue weighted by molar-refractivity contribution is 6.31. The summed E-state index contributed by atoms with van der Waals surface area (Å²) in [6.45, 7) is 1.89. The third kappa shape index (κ3) is 3.55. The molecule has 4 nitrogen and oxygen atoms in total. The number of anilines is 1. The molecule has 0 aliphatic rings. The van der Waals surface area contributed by atoms with Crippen molar-refractivity contribution in [3.05, 3.63) is 81.1 Å². The molecule has 1 amide bonds. The van der Waals surface area contributed by atoms with E-state index in [4.69, 9.17) is 11.6 Å². The van der Waals surface area contributed by atoms with Crippen molar-refractivity contribution >= 4 is 40.2 Å². The molecule has 0 bridgehead atoms. The van der Waals surface area contributed by atoms with Gasteiger partial charge in [-0.25, -0.2) is 0 Å². The van der Waals surface area contributed by atoms with Crippen LogP contribution in [-0.2, 0) is 4.79 Å². The summed E-state index contributed by atoms with van der Waals surface area (Å²) in [6.07, 6.45) is 2.82. The highest BCUT2D eigenvalue weighted by Crippen LogP contribution is 2.20. The van der Waals surface area contributed by atoms with Crippen molar-refractivity contribution in [1.82, 2.24) is 4.98 Å². The number of aromatic nitrogens is 1. The van der Waals surface area contributed by atoms with Gasteiger partial charge in [-0.2, -0.15) is 0 Å². The van der Waals surface area contributed by atoms with Crippen LogP contribution in [0.25, 0.3) is 17.0 Å². The minimum Gasteiger partial charge on any atom is -0.322 e. The van der Waals surface area contributed by atoms with Crippen molar-refractivity contribution in [3.63, 3.8) is 0 Å². The van der Waals surface area contributed by atoms with Crippen LogP contribution in [0.1, 0.15) is 11.1 Å². The summed E-state index contributed by atoms with van der Waals surface area (Å²) >= 11 is 6.03. The molecule has 1 heterocycles. The number of pyridine rings is 1. The van der Waals surface area contributed by atoms with E-state index in [2.05, 4.69) is 10.3 Å². The molecule has 0 saturated carbocycles. The number of nitrogens with one attached hydrogen (secondary N) is 2. The fourth-order valence-electron chi connectivity index (χ4n) is 2.31. The smallest absolute Gasteiger partial charge is 0.255 e. The molecule has 0 atom stereocenters. The number of halogens is 1. The summed E-state index contributed by atoms with van der Waals surface area (Å²) < 4.78 is 0. The van der Waals surface area contributed by atoms with Gasteiger partial charge in [0.15, 0.2) is 0 Å². The first-order valence-corrected chi connectivity index (χ1v) is 7.78. The van der Waals surface area contributed by atoms with E-state index >= 15 is 0 Å². The van der Waals surface area contributed by atoms with Crippen molar-refractivity contribution < 1.29 is 4.79 Å². The van der Waals surface area contributed by atoms with Crippen molar-refractivity contribution in [3.8, 4) is 0 Å². The zero-order valence-corrected chi connectivity index (χ0v) is 13.7. The lowest BCUT2D eigenvalue weighted by Gasteiger charge is -2.04. The van der Waals surface area contributed by atoms with E-state index in [1.54, 1.807) is 18.2 Å². The van der Waals surface area contributed by atoms with Crippen LogP contribution in [-0.4, -0.2) is 10.9 Å². The molecule has 120 valence electrons. The van der Waals surface area contributed by atoms with Crippen molar-refractivity contribution in [2.45, 2.75) is 6.92 Å². The first-order valence-electron chi connectivity index (χ1n) is 7.40. The van der Waals surface area contributed by atoms with E-state index in [0.717, 1.165) is 16.5 Å². The number of hydrogen-bond donors (Lipinski definition) is 2. The number of carbonyl (C=O) groups is 1. The predicted octanol–water partition coefficient (Wildman–Crippen LogP) is 4.14. The molecule has 0 aliphatic heterocycles. The molecule has 0 fully saturated rings. The fourth-order valence-corrected chi connectivity index (χ4v) is 2.49. The Bertz CT molecular complexity index is 1010. The second-order valence-corrected chi connectivity index (χ2v) is 5.83. The van der Waals surface area contributed by atoms with Crippen molar-refractivity contribution in [2.24, 2.45) is 0 Å². The van der Waals surface area contributed by atoms with E-state index < -0.39 is 0 Å². The maximum atomic E-state index is 12.0. The maximum Gasteiger partial charge on any atom is 0.255 e. The Labute approximate surface area is 143 Å². The lowest BCUT2D eigenvalue weighted by molar-refractivity contribution is -0.111. The summed E-state index contributed by atoms with van der Waals surface area (Å²) in [7, 11) is 0. The third-order valence-electron chi connectivity index (χ3n) is 3.64. The van der Waals surface area contributed by atoms with Gasteiger partial charge in [0.05, 0.1) is 0 Å². The van der Waals surface area contributed by atoms with Crippen LogP contribution >= 0.6 is 11.6 Å². The van der Waals surface area contributed by atoms with E-state index in [9.17, 15) is 9.59 Å². The van der Waals surface area contributed by atoms with Gasteiger partial charge in [0.25, 0.3) is 5.56 Å². The van der Waals surface area contributed by atoms with Gasteiger partial charge in [-0.05, 0) is 48.2 Å². The standard InChI is InChI=1S/C19H15ClN2O2/c1-12-6-8-15(11-16(12)20)21-18(23)9-7-14-10-13-4-2-3-5-17(13)22-19(14)24/h2-11H,1H3,(H,21,23)(H,22,24)/b9-7+. The SMILES string of the molecule is Cc1ccc(NC(=O)/C=C/c2cc3ccccc3[nH]c2=O)cc1Cl. The Kier molecular flexibility index (Phi) is 4.49. The van der Waals surface area contributed by atoms with Crippen LogP contribution < -0.4 is 10.9 Å². The molecular formula is C19H15ClN2O2. The number of fused-ring (bicyclic) bond motifs is 1. The topological polar surface area (TPSA) is 62.0 Å². The van der Waals surface area contributed by atoms with Crippen molar-refractivity contribution in [1.29, 1.82) is 0 Å². The number of carbonyl (C=O) groups excluding carboxylic acids is 1. The molecule has 1 aromatic heterocycles. The Morgan fingerprint density at radius 2 is 1.96 bits per heavy atom. The molecule has 0 aliphatic carbocycles. The molecule has 2 N–H and O–H groups in total. The van der Waals surface area contributed by atoms with Gasteiger partial charge in [-0.1, -0.05) is 35.9 Å². The average molecular weight is 339 g/mol. The second kappa shape index (κ2) is 6.72. The van der Waals surface area contributed by atoms with Crippen LogP contribution in [0.3, 0.4) is 0 Å². The maximum absolute atomic E-state index is 12.0. The largest absolute Gasteiger partial charge is 0.322 e. The molecule has 0 saturated heterocycles. The van der Waals surface area contributed by atoms with Crippen LogP contribution in [0.15, 0.2) is 59.4 Å². The number of H-pyrrole nitrogens is 1. The molecular weight excluding hydrogens is 324 g/mol. The summed E-state index contributed by atoms with van der Waals surface area (Å²) in [5.74, 6) is -0.331. The number of para-hydroxylation sites is 1. The quantitative estimate of drug-likeness (QED) is 0.705. The number of amides is 1. The number of benzene rings is 2. The molecule has 24 heavy (non-hydrogen) atoms. The monoisotopic (exact) mass is 338 g/mol.